The van der Waals surface area contributed by atoms with Gasteiger partial charge in [-0.25, -0.2) is 4.98 Å². The zero-order valence-corrected chi connectivity index (χ0v) is 19.3. The molecule has 1 aromatic carbocycles. The third-order valence-electron chi connectivity index (χ3n) is 4.48. The van der Waals surface area contributed by atoms with E-state index in [0.29, 0.717) is 56.0 Å². The zero-order valence-electron chi connectivity index (χ0n) is 17.7. The lowest BCUT2D eigenvalue weighted by atomic mass is 10.2. The second-order valence-electron chi connectivity index (χ2n) is 6.58. The van der Waals surface area contributed by atoms with Gasteiger partial charge in [-0.3, -0.25) is 4.79 Å². The summed E-state index contributed by atoms with van der Waals surface area (Å²) in [6.45, 7) is 0. The Bertz CT molecular complexity index is 1230. The summed E-state index contributed by atoms with van der Waals surface area (Å²) in [6.07, 6.45) is 3.31. The number of nitrogens with one attached hydrogen (secondary N) is 1. The van der Waals surface area contributed by atoms with Gasteiger partial charge in [-0.15, -0.1) is 10.2 Å². The fraction of sp³-hybridized carbons (Fsp3) is 0.182. The first kappa shape index (κ1) is 22.7. The van der Waals surface area contributed by atoms with Crippen LogP contribution in [-0.2, 0) is 4.79 Å². The lowest BCUT2D eigenvalue weighted by molar-refractivity contribution is -0.115. The van der Waals surface area contributed by atoms with E-state index in [1.54, 1.807) is 48.9 Å². The van der Waals surface area contributed by atoms with Crippen LogP contribution in [0.1, 0.15) is 6.42 Å². The van der Waals surface area contributed by atoms with Crippen molar-refractivity contribution in [1.82, 2.24) is 15.2 Å². The maximum absolute atomic E-state index is 12.5. The highest BCUT2D eigenvalue weighted by molar-refractivity contribution is 7.99. The molecule has 0 unspecified atom stereocenters. The van der Waals surface area contributed by atoms with Crippen LogP contribution in [-0.4, -0.2) is 41.1 Å². The number of halogens is 1. The number of benzene rings is 1. The lowest BCUT2D eigenvalue weighted by Crippen LogP contribution is -2.13. The molecule has 0 saturated carbocycles. The summed E-state index contributed by atoms with van der Waals surface area (Å²) in [7, 11) is 3.01. The van der Waals surface area contributed by atoms with Gasteiger partial charge in [0.25, 0.3) is 0 Å². The van der Waals surface area contributed by atoms with Gasteiger partial charge >= 0.3 is 0 Å². The van der Waals surface area contributed by atoms with E-state index in [9.17, 15) is 4.79 Å². The third-order valence-corrected chi connectivity index (χ3v) is 5.62. The molecule has 0 fully saturated rings. The van der Waals surface area contributed by atoms with Crippen molar-refractivity contribution >= 4 is 35.0 Å². The molecule has 11 heteroatoms. The molecule has 170 valence electrons. The Labute approximate surface area is 198 Å². The van der Waals surface area contributed by atoms with Gasteiger partial charge in [0.2, 0.25) is 11.1 Å². The van der Waals surface area contributed by atoms with E-state index in [1.165, 1.54) is 26.0 Å². The summed E-state index contributed by atoms with van der Waals surface area (Å²) < 4.78 is 21.4. The minimum Gasteiger partial charge on any atom is -0.495 e. The Kier molecular flexibility index (Phi) is 7.16. The number of furan rings is 2. The minimum atomic E-state index is -0.214. The molecule has 1 amide bonds. The molecule has 3 aromatic heterocycles. The highest BCUT2D eigenvalue weighted by atomic mass is 35.5. The quantitative estimate of drug-likeness (QED) is 0.319. The Morgan fingerprint density at radius 2 is 1.73 bits per heavy atom. The second kappa shape index (κ2) is 10.4. The number of aromatic nitrogens is 3. The summed E-state index contributed by atoms with van der Waals surface area (Å²) in [5.74, 6) is 2.19. The summed E-state index contributed by atoms with van der Waals surface area (Å²) in [4.78, 5) is 17.0. The van der Waals surface area contributed by atoms with E-state index in [4.69, 9.17) is 29.9 Å². The molecule has 9 nitrogen and oxygen atoms in total. The van der Waals surface area contributed by atoms with Gasteiger partial charge in [0.05, 0.1) is 37.5 Å². The molecular formula is C22H19ClN4O5S. The van der Waals surface area contributed by atoms with Gasteiger partial charge in [-0.1, -0.05) is 23.4 Å². The van der Waals surface area contributed by atoms with Crippen LogP contribution in [0.5, 0.6) is 11.5 Å². The van der Waals surface area contributed by atoms with Crippen LogP contribution < -0.4 is 14.8 Å². The molecule has 4 aromatic rings. The molecule has 4 rings (SSSR count). The number of carbonyl (C=O) groups is 1. The topological polar surface area (TPSA) is 113 Å². The predicted octanol–water partition coefficient (Wildman–Crippen LogP) is 5.18. The molecule has 33 heavy (non-hydrogen) atoms. The van der Waals surface area contributed by atoms with E-state index >= 15 is 0 Å². The Hall–Kier alpha value is -3.50. The first-order valence-electron chi connectivity index (χ1n) is 9.75. The zero-order chi connectivity index (χ0) is 23.2. The number of amides is 1. The van der Waals surface area contributed by atoms with Crippen molar-refractivity contribution in [2.45, 2.75) is 11.6 Å². The summed E-state index contributed by atoms with van der Waals surface area (Å²) in [6, 6.07) is 10.3. The van der Waals surface area contributed by atoms with Gasteiger partial charge in [0.15, 0.2) is 17.2 Å². The number of anilines is 1. The number of ether oxygens (including phenoxy) is 2. The number of nitrogens with zero attached hydrogens (tertiary/aromatic N) is 3. The van der Waals surface area contributed by atoms with Gasteiger partial charge < -0.3 is 23.6 Å². The summed E-state index contributed by atoms with van der Waals surface area (Å²) in [5.41, 5.74) is 1.44. The highest BCUT2D eigenvalue weighted by Gasteiger charge is 2.18. The number of rotatable bonds is 9. The summed E-state index contributed by atoms with van der Waals surface area (Å²) >= 11 is 7.46. The van der Waals surface area contributed by atoms with Crippen molar-refractivity contribution in [2.24, 2.45) is 0 Å². The minimum absolute atomic E-state index is 0.205. The number of hydrogen-bond donors (Lipinski definition) is 1. The van der Waals surface area contributed by atoms with E-state index in [0.717, 1.165) is 0 Å². The average Bonchev–Trinajstić information content (AvgIpc) is 3.54. The molecule has 0 spiro atoms. The molecule has 0 saturated heterocycles. The van der Waals surface area contributed by atoms with Crippen molar-refractivity contribution in [1.29, 1.82) is 0 Å². The van der Waals surface area contributed by atoms with Crippen LogP contribution >= 0.6 is 23.4 Å². The van der Waals surface area contributed by atoms with Gasteiger partial charge in [0.1, 0.15) is 17.2 Å². The molecule has 0 bridgehead atoms. The first-order chi connectivity index (χ1) is 16.1. The number of thioether (sulfide) groups is 1. The molecule has 0 aliphatic heterocycles. The molecular weight excluding hydrogens is 468 g/mol. The van der Waals surface area contributed by atoms with Crippen molar-refractivity contribution in [2.75, 3.05) is 25.3 Å². The summed E-state index contributed by atoms with van der Waals surface area (Å²) in [5, 5.41) is 12.0. The fourth-order valence-electron chi connectivity index (χ4n) is 2.94. The maximum Gasteiger partial charge on any atom is 0.225 e. The van der Waals surface area contributed by atoms with E-state index in [1.807, 2.05) is 0 Å². The largest absolute Gasteiger partial charge is 0.495 e. The van der Waals surface area contributed by atoms with E-state index in [2.05, 4.69) is 20.5 Å². The monoisotopic (exact) mass is 486 g/mol. The number of carbonyl (C=O) groups excluding carboxylic acids is 1. The van der Waals surface area contributed by atoms with Crippen LogP contribution in [0.15, 0.2) is 62.9 Å². The van der Waals surface area contributed by atoms with Crippen molar-refractivity contribution in [3.63, 3.8) is 0 Å². The Morgan fingerprint density at radius 3 is 2.36 bits per heavy atom. The van der Waals surface area contributed by atoms with Crippen LogP contribution in [0.2, 0.25) is 5.02 Å². The SMILES string of the molecule is COc1cc(OC)c(NC(=O)CCSc2nnc(-c3ccco3)c(-c3ccco3)n2)cc1Cl. The van der Waals surface area contributed by atoms with Gasteiger partial charge in [-0.05, 0) is 30.3 Å². The normalized spacial score (nSPS) is 10.8. The molecule has 0 aliphatic rings. The molecule has 0 atom stereocenters. The maximum atomic E-state index is 12.5. The lowest BCUT2D eigenvalue weighted by Gasteiger charge is -2.13. The molecule has 1 N–H and O–H groups in total. The standard InChI is InChI=1S/C22H19ClN4O5S/c1-29-17-12-18(30-2)14(11-13(17)23)24-19(28)7-10-33-22-25-20(15-5-3-8-31-15)21(26-27-22)16-6-4-9-32-16/h3-6,8-9,11-12H,7,10H2,1-2H3,(H,24,28). The van der Waals surface area contributed by atoms with Gasteiger partial charge in [0, 0.05) is 18.2 Å². The molecule has 0 radical (unpaired) electrons. The Morgan fingerprint density at radius 1 is 1.03 bits per heavy atom. The van der Waals surface area contributed by atoms with Crippen LogP contribution in [0.4, 0.5) is 5.69 Å². The molecule has 3 heterocycles. The van der Waals surface area contributed by atoms with E-state index in [-0.39, 0.29) is 12.3 Å². The second-order valence-corrected chi connectivity index (χ2v) is 8.05. The number of hydrogen-bond acceptors (Lipinski definition) is 9. The van der Waals surface area contributed by atoms with Crippen LogP contribution in [0.25, 0.3) is 22.9 Å². The first-order valence-corrected chi connectivity index (χ1v) is 11.1. The Balaban J connectivity index is 1.42. The van der Waals surface area contributed by atoms with Crippen LogP contribution in [0, 0.1) is 0 Å². The fourth-order valence-corrected chi connectivity index (χ4v) is 3.91. The van der Waals surface area contributed by atoms with Crippen molar-refractivity contribution < 1.29 is 23.1 Å². The molecule has 0 aliphatic carbocycles. The van der Waals surface area contributed by atoms with Gasteiger partial charge in [-0.2, -0.15) is 0 Å². The third kappa shape index (κ3) is 5.29. The van der Waals surface area contributed by atoms with Crippen LogP contribution in [0.3, 0.4) is 0 Å². The van der Waals surface area contributed by atoms with Crippen molar-refractivity contribution in [3.05, 3.63) is 53.9 Å². The average molecular weight is 487 g/mol. The highest BCUT2D eigenvalue weighted by Crippen LogP contribution is 2.36. The van der Waals surface area contributed by atoms with E-state index < -0.39 is 0 Å². The number of methoxy groups -OCH3 is 2. The smallest absolute Gasteiger partial charge is 0.225 e. The predicted molar refractivity (Wildman–Crippen MR) is 124 cm³/mol. The van der Waals surface area contributed by atoms with Crippen molar-refractivity contribution in [3.8, 4) is 34.4 Å².